The van der Waals surface area contributed by atoms with Gasteiger partial charge in [-0.15, -0.1) is 0 Å². The summed E-state index contributed by atoms with van der Waals surface area (Å²) in [4.78, 5) is 27.8. The summed E-state index contributed by atoms with van der Waals surface area (Å²) in [6, 6.07) is 13.5. The molecule has 2 amide bonds. The standard InChI is InChI=1S/C29H36N4O4/c1-20-5-4-6-25(26(20)17-33(19-34)23-7-9-24(36-3)10-8-23)29(30)27-18-32(21(2)35)14-11-28(27)31-22-12-15-37-16-13-22/h4-10,19,22,30-31H,11-18H2,1-3H3. The zero-order valence-electron chi connectivity index (χ0n) is 21.9. The van der Waals surface area contributed by atoms with Crippen LogP contribution in [0.15, 0.2) is 53.7 Å². The molecular weight excluding hydrogens is 468 g/mol. The number of aryl methyl sites for hydroxylation is 1. The summed E-state index contributed by atoms with van der Waals surface area (Å²) in [6.45, 7) is 6.39. The monoisotopic (exact) mass is 504 g/mol. The third-order valence-corrected chi connectivity index (χ3v) is 7.23. The van der Waals surface area contributed by atoms with E-state index in [0.29, 0.717) is 37.8 Å². The van der Waals surface area contributed by atoms with Crippen LogP contribution >= 0.6 is 0 Å². The molecule has 37 heavy (non-hydrogen) atoms. The highest BCUT2D eigenvalue weighted by Crippen LogP contribution is 2.27. The van der Waals surface area contributed by atoms with Gasteiger partial charge < -0.3 is 24.6 Å². The quantitative estimate of drug-likeness (QED) is 0.400. The van der Waals surface area contributed by atoms with Crippen molar-refractivity contribution >= 4 is 23.7 Å². The molecule has 0 radical (unpaired) electrons. The molecule has 8 nitrogen and oxygen atoms in total. The van der Waals surface area contributed by atoms with Gasteiger partial charge in [-0.25, -0.2) is 0 Å². The fourth-order valence-corrected chi connectivity index (χ4v) is 4.95. The number of nitrogens with one attached hydrogen (secondary N) is 2. The van der Waals surface area contributed by atoms with Gasteiger partial charge in [0.05, 0.1) is 19.4 Å². The first-order valence-electron chi connectivity index (χ1n) is 12.8. The molecule has 2 aromatic rings. The largest absolute Gasteiger partial charge is 0.497 e. The van der Waals surface area contributed by atoms with E-state index in [1.54, 1.807) is 23.8 Å². The number of carbonyl (C=O) groups is 2. The van der Waals surface area contributed by atoms with Crippen LogP contribution in [-0.4, -0.2) is 62.4 Å². The Bertz CT molecular complexity index is 1170. The second kappa shape index (κ2) is 12.1. The van der Waals surface area contributed by atoms with Crippen LogP contribution < -0.4 is 15.0 Å². The maximum atomic E-state index is 12.2. The zero-order valence-corrected chi connectivity index (χ0v) is 21.9. The first-order valence-corrected chi connectivity index (χ1v) is 12.8. The lowest BCUT2D eigenvalue weighted by atomic mass is 9.90. The van der Waals surface area contributed by atoms with Crippen molar-refractivity contribution in [2.75, 3.05) is 38.3 Å². The molecule has 0 spiro atoms. The van der Waals surface area contributed by atoms with E-state index in [9.17, 15) is 15.0 Å². The molecule has 2 aromatic carbocycles. The molecule has 2 aliphatic heterocycles. The molecule has 0 unspecified atom stereocenters. The predicted molar refractivity (Wildman–Crippen MR) is 144 cm³/mol. The van der Waals surface area contributed by atoms with E-state index in [-0.39, 0.29) is 5.91 Å². The van der Waals surface area contributed by atoms with Gasteiger partial charge in [-0.3, -0.25) is 15.0 Å². The van der Waals surface area contributed by atoms with Gasteiger partial charge >= 0.3 is 0 Å². The molecule has 0 saturated carbocycles. The SMILES string of the molecule is COc1ccc(N(C=O)Cc2c(C)cccc2C(=N)C2=C(NC3CCOCC3)CCN(C(C)=O)C2)cc1. The lowest BCUT2D eigenvalue weighted by Gasteiger charge is -2.34. The topological polar surface area (TPSA) is 95.0 Å². The van der Waals surface area contributed by atoms with Gasteiger partial charge in [0.2, 0.25) is 12.3 Å². The highest BCUT2D eigenvalue weighted by Gasteiger charge is 2.27. The third kappa shape index (κ3) is 6.20. The van der Waals surface area contributed by atoms with E-state index in [4.69, 9.17) is 9.47 Å². The Balaban J connectivity index is 1.67. The Hall–Kier alpha value is -3.65. The Kier molecular flexibility index (Phi) is 8.61. The van der Waals surface area contributed by atoms with Crippen molar-refractivity contribution in [1.82, 2.24) is 10.2 Å². The molecular formula is C29H36N4O4. The summed E-state index contributed by atoms with van der Waals surface area (Å²) in [5.74, 6) is 0.725. The Labute approximate surface area is 218 Å². The number of carbonyl (C=O) groups excluding carboxylic acids is 2. The number of anilines is 1. The average Bonchev–Trinajstić information content (AvgIpc) is 2.92. The van der Waals surface area contributed by atoms with Crippen LogP contribution in [0.4, 0.5) is 5.69 Å². The van der Waals surface area contributed by atoms with Crippen LogP contribution in [0.1, 0.15) is 42.9 Å². The number of rotatable bonds is 9. The number of benzene rings is 2. The second-order valence-corrected chi connectivity index (χ2v) is 9.59. The summed E-state index contributed by atoms with van der Waals surface area (Å²) in [5, 5.41) is 13.0. The molecule has 2 N–H and O–H groups in total. The summed E-state index contributed by atoms with van der Waals surface area (Å²) >= 11 is 0. The summed E-state index contributed by atoms with van der Waals surface area (Å²) in [5.41, 5.74) is 5.69. The van der Waals surface area contributed by atoms with Gasteiger partial charge in [0.1, 0.15) is 5.75 Å². The van der Waals surface area contributed by atoms with Crippen LogP contribution in [0.2, 0.25) is 0 Å². The summed E-state index contributed by atoms with van der Waals surface area (Å²) in [6.07, 6.45) is 3.35. The Morgan fingerprint density at radius 2 is 1.95 bits per heavy atom. The lowest BCUT2D eigenvalue weighted by Crippen LogP contribution is -2.43. The molecule has 0 aromatic heterocycles. The fraction of sp³-hybridized carbons (Fsp3) is 0.414. The van der Waals surface area contributed by atoms with Gasteiger partial charge in [-0.1, -0.05) is 18.2 Å². The van der Waals surface area contributed by atoms with Gasteiger partial charge in [-0.05, 0) is 55.2 Å². The first-order chi connectivity index (χ1) is 17.9. The molecule has 0 bridgehead atoms. The Morgan fingerprint density at radius 1 is 1.22 bits per heavy atom. The number of methoxy groups -OCH3 is 1. The van der Waals surface area contributed by atoms with Gasteiger partial charge in [0.15, 0.2) is 0 Å². The molecule has 196 valence electrons. The number of hydrogen-bond acceptors (Lipinski definition) is 6. The summed E-state index contributed by atoms with van der Waals surface area (Å²) < 4.78 is 10.8. The van der Waals surface area contributed by atoms with Crippen molar-refractivity contribution in [3.63, 3.8) is 0 Å². The maximum absolute atomic E-state index is 12.2. The van der Waals surface area contributed by atoms with Crippen molar-refractivity contribution in [2.24, 2.45) is 0 Å². The highest BCUT2D eigenvalue weighted by atomic mass is 16.5. The molecule has 8 heteroatoms. The van der Waals surface area contributed by atoms with Gasteiger partial charge in [0.25, 0.3) is 0 Å². The van der Waals surface area contributed by atoms with Crippen molar-refractivity contribution in [3.8, 4) is 5.75 Å². The van der Waals surface area contributed by atoms with Crippen molar-refractivity contribution in [2.45, 2.75) is 45.7 Å². The van der Waals surface area contributed by atoms with E-state index in [1.165, 1.54) is 0 Å². The molecule has 2 aliphatic rings. The second-order valence-electron chi connectivity index (χ2n) is 9.59. The lowest BCUT2D eigenvalue weighted by molar-refractivity contribution is -0.128. The fourth-order valence-electron chi connectivity index (χ4n) is 4.95. The molecule has 0 aliphatic carbocycles. The van der Waals surface area contributed by atoms with Gasteiger partial charge in [-0.2, -0.15) is 0 Å². The number of amides is 2. The minimum atomic E-state index is 0.00604. The average molecular weight is 505 g/mol. The van der Waals surface area contributed by atoms with Gasteiger partial charge in [0, 0.05) is 68.2 Å². The minimum absolute atomic E-state index is 0.00604. The van der Waals surface area contributed by atoms with Crippen LogP contribution in [-0.2, 0) is 20.9 Å². The van der Waals surface area contributed by atoms with Crippen LogP contribution in [0.3, 0.4) is 0 Å². The van der Waals surface area contributed by atoms with Crippen molar-refractivity contribution in [1.29, 1.82) is 5.41 Å². The zero-order chi connectivity index (χ0) is 26.4. The van der Waals surface area contributed by atoms with E-state index >= 15 is 0 Å². The third-order valence-electron chi connectivity index (χ3n) is 7.23. The normalized spacial score (nSPS) is 16.4. The van der Waals surface area contributed by atoms with Crippen LogP contribution in [0.25, 0.3) is 0 Å². The molecule has 0 atom stereocenters. The van der Waals surface area contributed by atoms with Crippen molar-refractivity contribution < 1.29 is 19.1 Å². The molecule has 4 rings (SSSR count). The number of hydrogen-bond donors (Lipinski definition) is 2. The smallest absolute Gasteiger partial charge is 0.219 e. The highest BCUT2D eigenvalue weighted by molar-refractivity contribution is 6.12. The molecule has 1 fully saturated rings. The van der Waals surface area contributed by atoms with Crippen LogP contribution in [0.5, 0.6) is 5.75 Å². The molecule has 2 heterocycles. The number of nitrogens with zero attached hydrogens (tertiary/aromatic N) is 2. The van der Waals surface area contributed by atoms with E-state index < -0.39 is 0 Å². The minimum Gasteiger partial charge on any atom is -0.497 e. The first kappa shape index (κ1) is 26.4. The maximum Gasteiger partial charge on any atom is 0.219 e. The van der Waals surface area contributed by atoms with Crippen LogP contribution in [0, 0.1) is 12.3 Å². The van der Waals surface area contributed by atoms with E-state index in [0.717, 1.165) is 71.9 Å². The van der Waals surface area contributed by atoms with E-state index in [1.807, 2.05) is 49.4 Å². The van der Waals surface area contributed by atoms with E-state index in [2.05, 4.69) is 5.32 Å². The summed E-state index contributed by atoms with van der Waals surface area (Å²) in [7, 11) is 1.61. The predicted octanol–water partition coefficient (Wildman–Crippen LogP) is 3.81. The number of ether oxygens (including phenoxy) is 2. The van der Waals surface area contributed by atoms with Crippen molar-refractivity contribution in [3.05, 3.63) is 70.4 Å². The molecule has 1 saturated heterocycles. The Morgan fingerprint density at radius 3 is 2.59 bits per heavy atom.